The molecule has 1 amide bonds. The van der Waals surface area contributed by atoms with Gasteiger partial charge in [-0.3, -0.25) is 4.79 Å². The number of hydrogen-bond donors (Lipinski definition) is 1. The van der Waals surface area contributed by atoms with Gasteiger partial charge in [-0.2, -0.15) is 0 Å². The van der Waals surface area contributed by atoms with Crippen LogP contribution in [-0.2, 0) is 11.3 Å². The number of carbonyl (C=O) groups excluding carboxylic acids is 1. The number of aryl methyl sites for hydroxylation is 1. The van der Waals surface area contributed by atoms with Gasteiger partial charge in [0.1, 0.15) is 11.5 Å². The first-order valence-electron chi connectivity index (χ1n) is 7.22. The Morgan fingerprint density at radius 1 is 1.14 bits per heavy atom. The normalized spacial score (nSPS) is 11.6. The molecule has 0 saturated heterocycles. The summed E-state index contributed by atoms with van der Waals surface area (Å²) in [5.41, 5.74) is 2.25. The first kappa shape index (κ1) is 15.9. The minimum Gasteiger partial charge on any atom is -0.497 e. The molecule has 0 aliphatic rings. The van der Waals surface area contributed by atoms with Crippen molar-refractivity contribution in [3.8, 4) is 11.5 Å². The minimum atomic E-state index is -0.557. The third kappa shape index (κ3) is 4.52. The highest BCUT2D eigenvalue weighted by atomic mass is 16.5. The summed E-state index contributed by atoms with van der Waals surface area (Å²) in [7, 11) is 1.61. The third-order valence-corrected chi connectivity index (χ3v) is 3.29. The smallest absolute Gasteiger partial charge is 0.261 e. The maximum absolute atomic E-state index is 12.1. The summed E-state index contributed by atoms with van der Waals surface area (Å²) in [4.78, 5) is 12.1. The molecule has 0 saturated carbocycles. The number of amides is 1. The van der Waals surface area contributed by atoms with E-state index in [0.29, 0.717) is 12.3 Å². The van der Waals surface area contributed by atoms with E-state index in [9.17, 15) is 4.79 Å². The van der Waals surface area contributed by atoms with E-state index in [-0.39, 0.29) is 5.91 Å². The summed E-state index contributed by atoms with van der Waals surface area (Å²) in [6, 6.07) is 15.2. The van der Waals surface area contributed by atoms with Gasteiger partial charge in [0.25, 0.3) is 5.91 Å². The Morgan fingerprint density at radius 2 is 1.82 bits per heavy atom. The molecule has 116 valence electrons. The molecule has 0 aromatic heterocycles. The molecule has 0 heterocycles. The maximum Gasteiger partial charge on any atom is 0.261 e. The summed E-state index contributed by atoms with van der Waals surface area (Å²) in [6.45, 7) is 4.26. The number of rotatable bonds is 6. The molecule has 1 N–H and O–H groups in total. The first-order chi connectivity index (χ1) is 10.6. The number of methoxy groups -OCH3 is 1. The second-order valence-electron chi connectivity index (χ2n) is 5.14. The van der Waals surface area contributed by atoms with Gasteiger partial charge in [-0.1, -0.05) is 29.8 Å². The van der Waals surface area contributed by atoms with Gasteiger partial charge in [0.05, 0.1) is 7.11 Å². The van der Waals surface area contributed by atoms with E-state index < -0.39 is 6.10 Å². The largest absolute Gasteiger partial charge is 0.497 e. The molecule has 2 aromatic carbocycles. The molecule has 22 heavy (non-hydrogen) atoms. The number of ether oxygens (including phenoxy) is 2. The van der Waals surface area contributed by atoms with E-state index in [1.165, 1.54) is 5.56 Å². The summed E-state index contributed by atoms with van der Waals surface area (Å²) in [5, 5.41) is 2.88. The number of benzene rings is 2. The van der Waals surface area contributed by atoms with Crippen LogP contribution < -0.4 is 14.8 Å². The second-order valence-corrected chi connectivity index (χ2v) is 5.14. The summed E-state index contributed by atoms with van der Waals surface area (Å²) >= 11 is 0. The van der Waals surface area contributed by atoms with Crippen LogP contribution in [0.3, 0.4) is 0 Å². The fourth-order valence-corrected chi connectivity index (χ4v) is 2.07. The second kappa shape index (κ2) is 7.50. The quantitative estimate of drug-likeness (QED) is 0.891. The minimum absolute atomic E-state index is 0.141. The van der Waals surface area contributed by atoms with Crippen LogP contribution in [0.15, 0.2) is 48.5 Å². The standard InChI is InChI=1S/C18H21NO3/c1-13-5-4-6-15(11-13)12-19-18(20)14(2)22-17-9-7-16(21-3)8-10-17/h4-11,14H,12H2,1-3H3,(H,19,20). The third-order valence-electron chi connectivity index (χ3n) is 3.29. The van der Waals surface area contributed by atoms with Crippen molar-refractivity contribution in [2.75, 3.05) is 7.11 Å². The Bertz CT molecular complexity index is 622. The molecule has 2 aromatic rings. The van der Waals surface area contributed by atoms with E-state index in [0.717, 1.165) is 11.3 Å². The van der Waals surface area contributed by atoms with Crippen LogP contribution in [0.2, 0.25) is 0 Å². The van der Waals surface area contributed by atoms with Crippen molar-refractivity contribution in [1.29, 1.82) is 0 Å². The maximum atomic E-state index is 12.1. The lowest BCUT2D eigenvalue weighted by Crippen LogP contribution is -2.35. The Kier molecular flexibility index (Phi) is 5.42. The fraction of sp³-hybridized carbons (Fsp3) is 0.278. The van der Waals surface area contributed by atoms with Crippen LogP contribution in [0.25, 0.3) is 0 Å². The molecular weight excluding hydrogens is 278 g/mol. The van der Waals surface area contributed by atoms with Crippen molar-refractivity contribution < 1.29 is 14.3 Å². The molecule has 0 fully saturated rings. The van der Waals surface area contributed by atoms with Crippen LogP contribution >= 0.6 is 0 Å². The fourth-order valence-electron chi connectivity index (χ4n) is 2.07. The van der Waals surface area contributed by atoms with Gasteiger partial charge in [-0.05, 0) is 43.7 Å². The zero-order valence-electron chi connectivity index (χ0n) is 13.1. The van der Waals surface area contributed by atoms with Gasteiger partial charge < -0.3 is 14.8 Å². The average molecular weight is 299 g/mol. The van der Waals surface area contributed by atoms with Crippen LogP contribution in [0.4, 0.5) is 0 Å². The predicted octanol–water partition coefficient (Wildman–Crippen LogP) is 3.09. The van der Waals surface area contributed by atoms with E-state index >= 15 is 0 Å². The molecule has 4 nitrogen and oxygen atoms in total. The lowest BCUT2D eigenvalue weighted by atomic mass is 10.1. The van der Waals surface area contributed by atoms with Crippen molar-refractivity contribution in [3.05, 3.63) is 59.7 Å². The lowest BCUT2D eigenvalue weighted by molar-refractivity contribution is -0.127. The van der Waals surface area contributed by atoms with Gasteiger partial charge in [0, 0.05) is 6.54 Å². The van der Waals surface area contributed by atoms with E-state index in [1.54, 1.807) is 38.3 Å². The average Bonchev–Trinajstić information content (AvgIpc) is 2.53. The van der Waals surface area contributed by atoms with Gasteiger partial charge >= 0.3 is 0 Å². The van der Waals surface area contributed by atoms with Crippen molar-refractivity contribution in [2.45, 2.75) is 26.5 Å². The molecule has 0 spiro atoms. The number of hydrogen-bond acceptors (Lipinski definition) is 3. The highest BCUT2D eigenvalue weighted by molar-refractivity contribution is 5.80. The van der Waals surface area contributed by atoms with Crippen LogP contribution in [0.1, 0.15) is 18.1 Å². The zero-order valence-corrected chi connectivity index (χ0v) is 13.1. The van der Waals surface area contributed by atoms with E-state index in [2.05, 4.69) is 11.4 Å². The molecule has 1 unspecified atom stereocenters. The van der Waals surface area contributed by atoms with Crippen molar-refractivity contribution in [1.82, 2.24) is 5.32 Å². The number of nitrogens with one attached hydrogen (secondary N) is 1. The monoisotopic (exact) mass is 299 g/mol. The van der Waals surface area contributed by atoms with Gasteiger partial charge in [-0.25, -0.2) is 0 Å². The van der Waals surface area contributed by atoms with Gasteiger partial charge in [-0.15, -0.1) is 0 Å². The summed E-state index contributed by atoms with van der Waals surface area (Å²) < 4.78 is 10.7. The van der Waals surface area contributed by atoms with Crippen molar-refractivity contribution >= 4 is 5.91 Å². The zero-order chi connectivity index (χ0) is 15.9. The first-order valence-corrected chi connectivity index (χ1v) is 7.22. The lowest BCUT2D eigenvalue weighted by Gasteiger charge is -2.15. The molecule has 0 aliphatic heterocycles. The van der Waals surface area contributed by atoms with E-state index in [4.69, 9.17) is 9.47 Å². The van der Waals surface area contributed by atoms with Crippen LogP contribution in [-0.4, -0.2) is 19.1 Å². The molecule has 4 heteroatoms. The summed E-state index contributed by atoms with van der Waals surface area (Å²) in [6.07, 6.45) is -0.557. The molecule has 0 radical (unpaired) electrons. The molecular formula is C18H21NO3. The van der Waals surface area contributed by atoms with Crippen molar-refractivity contribution in [2.24, 2.45) is 0 Å². The Morgan fingerprint density at radius 3 is 2.45 bits per heavy atom. The van der Waals surface area contributed by atoms with E-state index in [1.807, 2.05) is 25.1 Å². The van der Waals surface area contributed by atoms with Gasteiger partial charge in [0.15, 0.2) is 6.10 Å². The van der Waals surface area contributed by atoms with Crippen LogP contribution in [0.5, 0.6) is 11.5 Å². The molecule has 2 rings (SSSR count). The topological polar surface area (TPSA) is 47.6 Å². The van der Waals surface area contributed by atoms with Crippen LogP contribution in [0, 0.1) is 6.92 Å². The Balaban J connectivity index is 1.86. The molecule has 1 atom stereocenters. The van der Waals surface area contributed by atoms with Crippen molar-refractivity contribution in [3.63, 3.8) is 0 Å². The molecule has 0 aliphatic carbocycles. The Labute approximate surface area is 131 Å². The molecule has 0 bridgehead atoms. The summed E-state index contributed by atoms with van der Waals surface area (Å²) in [5.74, 6) is 1.25. The Hall–Kier alpha value is -2.49. The highest BCUT2D eigenvalue weighted by Crippen LogP contribution is 2.18. The van der Waals surface area contributed by atoms with Gasteiger partial charge in [0.2, 0.25) is 0 Å². The SMILES string of the molecule is COc1ccc(OC(C)C(=O)NCc2cccc(C)c2)cc1. The predicted molar refractivity (Wildman–Crippen MR) is 86.1 cm³/mol. The highest BCUT2D eigenvalue weighted by Gasteiger charge is 2.14. The number of carbonyl (C=O) groups is 1.